The second-order valence-corrected chi connectivity index (χ2v) is 4.87. The molecule has 0 radical (unpaired) electrons. The van der Waals surface area contributed by atoms with Gasteiger partial charge in [-0.05, 0) is 12.8 Å². The number of aliphatic carboxylic acids is 1. The summed E-state index contributed by atoms with van der Waals surface area (Å²) >= 11 is 1.15. The number of nitrogens with two attached hydrogens (primary N) is 1. The standard InChI is InChI=1S/C10H19NO3S/c1-3-5-6-10(4-2,9(13)14)15-7-8(11)12/h3-7H2,1-2H3,(H2,11,12)(H,13,14). The van der Waals surface area contributed by atoms with Crippen LogP contribution in [-0.4, -0.2) is 27.5 Å². The molecule has 4 nitrogen and oxygen atoms in total. The van der Waals surface area contributed by atoms with Gasteiger partial charge in [0.2, 0.25) is 5.91 Å². The minimum absolute atomic E-state index is 0.0733. The van der Waals surface area contributed by atoms with E-state index in [4.69, 9.17) is 5.73 Å². The van der Waals surface area contributed by atoms with Crippen LogP contribution in [0.25, 0.3) is 0 Å². The molecular weight excluding hydrogens is 214 g/mol. The molecule has 0 aromatic rings. The molecule has 0 fully saturated rings. The summed E-state index contributed by atoms with van der Waals surface area (Å²) in [6.07, 6.45) is 2.91. The lowest BCUT2D eigenvalue weighted by atomic mass is 9.98. The highest BCUT2D eigenvalue weighted by Crippen LogP contribution is 2.34. The fourth-order valence-electron chi connectivity index (χ4n) is 1.34. The smallest absolute Gasteiger partial charge is 0.319 e. The molecule has 1 atom stereocenters. The van der Waals surface area contributed by atoms with E-state index in [1.165, 1.54) is 0 Å². The molecular formula is C10H19NO3S. The van der Waals surface area contributed by atoms with Crippen molar-refractivity contribution in [2.75, 3.05) is 5.75 Å². The van der Waals surface area contributed by atoms with E-state index in [-0.39, 0.29) is 5.75 Å². The van der Waals surface area contributed by atoms with E-state index in [2.05, 4.69) is 0 Å². The Morgan fingerprint density at radius 1 is 1.40 bits per heavy atom. The van der Waals surface area contributed by atoms with Gasteiger partial charge in [0, 0.05) is 0 Å². The van der Waals surface area contributed by atoms with E-state index in [1.807, 2.05) is 13.8 Å². The summed E-state index contributed by atoms with van der Waals surface area (Å²) in [6, 6.07) is 0. The van der Waals surface area contributed by atoms with Crippen LogP contribution in [0.5, 0.6) is 0 Å². The lowest BCUT2D eigenvalue weighted by molar-refractivity contribution is -0.140. The first-order chi connectivity index (χ1) is 6.98. The molecule has 15 heavy (non-hydrogen) atoms. The summed E-state index contributed by atoms with van der Waals surface area (Å²) in [7, 11) is 0. The molecule has 0 saturated heterocycles. The van der Waals surface area contributed by atoms with Crippen molar-refractivity contribution in [1.29, 1.82) is 0 Å². The van der Waals surface area contributed by atoms with Gasteiger partial charge in [-0.25, -0.2) is 0 Å². The van der Waals surface area contributed by atoms with E-state index in [9.17, 15) is 14.7 Å². The van der Waals surface area contributed by atoms with Gasteiger partial charge in [0.1, 0.15) is 4.75 Å². The summed E-state index contributed by atoms with van der Waals surface area (Å²) in [5.74, 6) is -1.23. The molecule has 0 bridgehead atoms. The van der Waals surface area contributed by atoms with Gasteiger partial charge in [-0.1, -0.05) is 26.7 Å². The Bertz CT molecular complexity index is 233. The molecule has 1 amide bonds. The lowest BCUT2D eigenvalue weighted by Gasteiger charge is -2.26. The Kier molecular flexibility index (Phi) is 6.40. The lowest BCUT2D eigenvalue weighted by Crippen LogP contribution is -2.36. The van der Waals surface area contributed by atoms with Gasteiger partial charge in [-0.15, -0.1) is 11.8 Å². The number of hydrogen-bond donors (Lipinski definition) is 2. The SMILES string of the molecule is CCCCC(CC)(SCC(N)=O)C(=O)O. The van der Waals surface area contributed by atoms with E-state index < -0.39 is 16.6 Å². The van der Waals surface area contributed by atoms with Crippen LogP contribution in [-0.2, 0) is 9.59 Å². The predicted octanol–water partition coefficient (Wildman–Crippen LogP) is 1.63. The zero-order valence-corrected chi connectivity index (χ0v) is 10.1. The zero-order chi connectivity index (χ0) is 11.9. The first kappa shape index (κ1) is 14.3. The Hall–Kier alpha value is -0.710. The Morgan fingerprint density at radius 2 is 2.00 bits per heavy atom. The number of carboxylic acids is 1. The second kappa shape index (κ2) is 6.71. The van der Waals surface area contributed by atoms with Crippen LogP contribution in [0.15, 0.2) is 0 Å². The van der Waals surface area contributed by atoms with Crippen LogP contribution >= 0.6 is 11.8 Å². The number of carbonyl (C=O) groups is 2. The van der Waals surface area contributed by atoms with Crippen molar-refractivity contribution in [3.05, 3.63) is 0 Å². The Labute approximate surface area is 94.6 Å². The molecule has 5 heteroatoms. The summed E-state index contributed by atoms with van der Waals surface area (Å²) in [5.41, 5.74) is 5.03. The Balaban J connectivity index is 4.50. The van der Waals surface area contributed by atoms with E-state index in [0.29, 0.717) is 12.8 Å². The fourth-order valence-corrected chi connectivity index (χ4v) is 2.38. The molecule has 0 saturated carbocycles. The zero-order valence-electron chi connectivity index (χ0n) is 9.28. The third kappa shape index (κ3) is 4.55. The maximum atomic E-state index is 11.2. The van der Waals surface area contributed by atoms with Gasteiger partial charge >= 0.3 is 5.97 Å². The van der Waals surface area contributed by atoms with Crippen LogP contribution in [0, 0.1) is 0 Å². The van der Waals surface area contributed by atoms with Crippen molar-refractivity contribution in [3.63, 3.8) is 0 Å². The highest BCUT2D eigenvalue weighted by molar-refractivity contribution is 8.02. The van der Waals surface area contributed by atoms with E-state index in [1.54, 1.807) is 0 Å². The van der Waals surface area contributed by atoms with Crippen molar-refractivity contribution in [2.45, 2.75) is 44.3 Å². The average Bonchev–Trinajstić information content (AvgIpc) is 2.18. The summed E-state index contributed by atoms with van der Waals surface area (Å²) < 4.78 is -0.842. The minimum atomic E-state index is -0.843. The van der Waals surface area contributed by atoms with E-state index in [0.717, 1.165) is 24.6 Å². The molecule has 88 valence electrons. The quantitative estimate of drug-likeness (QED) is 0.667. The molecule has 0 aliphatic rings. The molecule has 1 unspecified atom stereocenters. The summed E-state index contributed by atoms with van der Waals surface area (Å²) in [6.45, 7) is 3.85. The Morgan fingerprint density at radius 3 is 2.33 bits per heavy atom. The fraction of sp³-hybridized carbons (Fsp3) is 0.800. The number of amides is 1. The highest BCUT2D eigenvalue weighted by Gasteiger charge is 2.36. The van der Waals surface area contributed by atoms with E-state index >= 15 is 0 Å². The van der Waals surface area contributed by atoms with Gasteiger partial charge in [0.25, 0.3) is 0 Å². The molecule has 0 rings (SSSR count). The van der Waals surface area contributed by atoms with Crippen LogP contribution in [0.4, 0.5) is 0 Å². The van der Waals surface area contributed by atoms with Gasteiger partial charge < -0.3 is 10.8 Å². The molecule has 0 heterocycles. The third-order valence-corrected chi connectivity index (χ3v) is 4.03. The predicted molar refractivity (Wildman–Crippen MR) is 61.8 cm³/mol. The average molecular weight is 233 g/mol. The molecule has 0 aliphatic carbocycles. The largest absolute Gasteiger partial charge is 0.480 e. The topological polar surface area (TPSA) is 80.4 Å². The summed E-state index contributed by atoms with van der Waals surface area (Å²) in [4.78, 5) is 21.9. The van der Waals surface area contributed by atoms with Crippen LogP contribution in [0.2, 0.25) is 0 Å². The van der Waals surface area contributed by atoms with Gasteiger partial charge in [-0.3, -0.25) is 9.59 Å². The number of rotatable bonds is 8. The number of primary amides is 1. The highest BCUT2D eigenvalue weighted by atomic mass is 32.2. The number of unbranched alkanes of at least 4 members (excludes halogenated alkanes) is 1. The molecule has 0 aromatic heterocycles. The van der Waals surface area contributed by atoms with Crippen LogP contribution < -0.4 is 5.73 Å². The molecule has 0 aliphatic heterocycles. The first-order valence-electron chi connectivity index (χ1n) is 5.14. The first-order valence-corrected chi connectivity index (χ1v) is 6.12. The molecule has 0 spiro atoms. The van der Waals surface area contributed by atoms with Crippen molar-refractivity contribution < 1.29 is 14.7 Å². The van der Waals surface area contributed by atoms with Crippen LogP contribution in [0.3, 0.4) is 0 Å². The summed E-state index contributed by atoms with van der Waals surface area (Å²) in [5, 5.41) is 9.19. The number of thioether (sulfide) groups is 1. The molecule has 0 aromatic carbocycles. The number of carbonyl (C=O) groups excluding carboxylic acids is 1. The second-order valence-electron chi connectivity index (χ2n) is 3.51. The maximum absolute atomic E-state index is 11.2. The minimum Gasteiger partial charge on any atom is -0.480 e. The molecule has 3 N–H and O–H groups in total. The monoisotopic (exact) mass is 233 g/mol. The van der Waals surface area contributed by atoms with Gasteiger partial charge in [0.05, 0.1) is 5.75 Å². The number of carboxylic acid groups (broad SMARTS) is 1. The van der Waals surface area contributed by atoms with Gasteiger partial charge in [-0.2, -0.15) is 0 Å². The van der Waals surface area contributed by atoms with Crippen molar-refractivity contribution in [1.82, 2.24) is 0 Å². The van der Waals surface area contributed by atoms with Crippen LogP contribution in [0.1, 0.15) is 39.5 Å². The van der Waals surface area contributed by atoms with Gasteiger partial charge in [0.15, 0.2) is 0 Å². The normalized spacial score (nSPS) is 14.5. The maximum Gasteiger partial charge on any atom is 0.319 e. The third-order valence-electron chi connectivity index (χ3n) is 2.39. The van der Waals surface area contributed by atoms with Crippen molar-refractivity contribution in [2.24, 2.45) is 5.73 Å². The number of hydrogen-bond acceptors (Lipinski definition) is 3. The van der Waals surface area contributed by atoms with Crippen molar-refractivity contribution in [3.8, 4) is 0 Å². The van der Waals surface area contributed by atoms with Crippen molar-refractivity contribution >= 4 is 23.6 Å².